The first-order valence-electron chi connectivity index (χ1n) is 8.21. The van der Waals surface area contributed by atoms with Gasteiger partial charge >= 0.3 is 0 Å². The quantitative estimate of drug-likeness (QED) is 0.726. The number of hydrogen-bond acceptors (Lipinski definition) is 5. The average Bonchev–Trinajstić information content (AvgIpc) is 3.22. The number of thiazole rings is 1. The van der Waals surface area contributed by atoms with E-state index in [0.717, 1.165) is 22.0 Å². The maximum atomic E-state index is 12.0. The molecule has 0 saturated heterocycles. The lowest BCUT2D eigenvalue weighted by Gasteiger charge is -2.02. The van der Waals surface area contributed by atoms with E-state index >= 15 is 0 Å². The number of rotatable bonds is 6. The molecule has 0 spiro atoms. The molecular weight excluding hydrogens is 334 g/mol. The molecule has 1 amide bonds. The van der Waals surface area contributed by atoms with E-state index in [4.69, 9.17) is 4.42 Å². The number of benzene rings is 1. The van der Waals surface area contributed by atoms with Crippen LogP contribution in [-0.2, 0) is 17.8 Å². The third kappa shape index (κ3) is 4.54. The van der Waals surface area contributed by atoms with Gasteiger partial charge in [0.25, 0.3) is 0 Å². The lowest BCUT2D eigenvalue weighted by atomic mass is 10.1. The Balaban J connectivity index is 1.52. The average molecular weight is 355 g/mol. The van der Waals surface area contributed by atoms with Crippen LogP contribution in [0.1, 0.15) is 34.1 Å². The summed E-state index contributed by atoms with van der Waals surface area (Å²) in [5.41, 5.74) is 4.45. The number of carbonyl (C=O) groups excluding carboxylic acids is 1. The van der Waals surface area contributed by atoms with E-state index in [2.05, 4.69) is 41.3 Å². The number of amides is 1. The number of oxazole rings is 1. The summed E-state index contributed by atoms with van der Waals surface area (Å²) >= 11 is 1.55. The van der Waals surface area contributed by atoms with E-state index in [1.165, 1.54) is 11.1 Å². The van der Waals surface area contributed by atoms with Gasteiger partial charge in [0.2, 0.25) is 5.91 Å². The smallest absolute Gasteiger partial charge is 0.220 e. The van der Waals surface area contributed by atoms with Gasteiger partial charge in [0.1, 0.15) is 5.01 Å². The molecule has 0 aliphatic heterocycles. The predicted octanol–water partition coefficient (Wildman–Crippen LogP) is 3.97. The zero-order valence-electron chi connectivity index (χ0n) is 14.6. The van der Waals surface area contributed by atoms with Crippen molar-refractivity contribution in [3.63, 3.8) is 0 Å². The van der Waals surface area contributed by atoms with Crippen molar-refractivity contribution in [3.8, 4) is 11.3 Å². The van der Waals surface area contributed by atoms with Crippen LogP contribution in [0.3, 0.4) is 0 Å². The normalized spacial score (nSPS) is 10.8. The number of hydrogen-bond donors (Lipinski definition) is 1. The number of carbonyl (C=O) groups is 1. The van der Waals surface area contributed by atoms with Gasteiger partial charge in [-0.05, 0) is 38.0 Å². The molecule has 0 aliphatic carbocycles. The Morgan fingerprint density at radius 1 is 1.24 bits per heavy atom. The molecule has 25 heavy (non-hydrogen) atoms. The molecule has 3 rings (SSSR count). The molecule has 0 saturated carbocycles. The summed E-state index contributed by atoms with van der Waals surface area (Å²) in [5.74, 6) is 1.28. The van der Waals surface area contributed by atoms with Crippen molar-refractivity contribution >= 4 is 17.2 Å². The zero-order valence-corrected chi connectivity index (χ0v) is 15.4. The Morgan fingerprint density at radius 3 is 2.80 bits per heavy atom. The van der Waals surface area contributed by atoms with Crippen LogP contribution in [0.2, 0.25) is 0 Å². The van der Waals surface area contributed by atoms with Crippen LogP contribution in [0, 0.1) is 20.8 Å². The molecule has 2 heterocycles. The fourth-order valence-electron chi connectivity index (χ4n) is 2.42. The number of nitrogens with one attached hydrogen (secondary N) is 1. The summed E-state index contributed by atoms with van der Waals surface area (Å²) in [5, 5.41) is 5.76. The standard InChI is InChI=1S/C19H21N3O2S/c1-12-4-5-15(8-13(12)2)16-9-21-18(24-16)7-6-17(23)20-10-19-22-14(3)11-25-19/h4-5,8-9,11H,6-7,10H2,1-3H3,(H,20,23). The molecule has 0 fully saturated rings. The second kappa shape index (κ2) is 7.61. The minimum absolute atomic E-state index is 0.0289. The van der Waals surface area contributed by atoms with E-state index in [9.17, 15) is 4.79 Å². The highest BCUT2D eigenvalue weighted by atomic mass is 32.1. The number of nitrogens with zero attached hydrogens (tertiary/aromatic N) is 2. The molecule has 3 aromatic rings. The Hall–Kier alpha value is -2.47. The Labute approximate surface area is 151 Å². The van der Waals surface area contributed by atoms with Crippen molar-refractivity contribution in [1.82, 2.24) is 15.3 Å². The van der Waals surface area contributed by atoms with Crippen LogP contribution in [-0.4, -0.2) is 15.9 Å². The van der Waals surface area contributed by atoms with E-state index in [1.807, 2.05) is 18.4 Å². The van der Waals surface area contributed by atoms with Crippen molar-refractivity contribution in [2.24, 2.45) is 0 Å². The molecule has 0 atom stereocenters. The van der Waals surface area contributed by atoms with Gasteiger partial charge < -0.3 is 9.73 Å². The van der Waals surface area contributed by atoms with Gasteiger partial charge in [-0.15, -0.1) is 11.3 Å². The largest absolute Gasteiger partial charge is 0.441 e. The first-order chi connectivity index (χ1) is 12.0. The molecule has 0 bridgehead atoms. The van der Waals surface area contributed by atoms with Gasteiger partial charge in [-0.2, -0.15) is 0 Å². The maximum absolute atomic E-state index is 12.0. The summed E-state index contributed by atoms with van der Waals surface area (Å²) < 4.78 is 5.78. The van der Waals surface area contributed by atoms with Crippen LogP contribution in [0.15, 0.2) is 34.2 Å². The highest BCUT2D eigenvalue weighted by Gasteiger charge is 2.10. The number of aromatic nitrogens is 2. The Kier molecular flexibility index (Phi) is 5.28. The molecule has 2 aromatic heterocycles. The van der Waals surface area contributed by atoms with Gasteiger partial charge in [0.15, 0.2) is 11.7 Å². The molecule has 6 heteroatoms. The van der Waals surface area contributed by atoms with Crippen molar-refractivity contribution in [2.75, 3.05) is 0 Å². The summed E-state index contributed by atoms with van der Waals surface area (Å²) in [6, 6.07) is 6.18. The maximum Gasteiger partial charge on any atom is 0.220 e. The Morgan fingerprint density at radius 2 is 2.08 bits per heavy atom. The van der Waals surface area contributed by atoms with Crippen LogP contribution < -0.4 is 5.32 Å². The topological polar surface area (TPSA) is 68.0 Å². The minimum Gasteiger partial charge on any atom is -0.441 e. The van der Waals surface area contributed by atoms with Crippen molar-refractivity contribution in [3.05, 3.63) is 57.5 Å². The fraction of sp³-hybridized carbons (Fsp3) is 0.316. The van der Waals surface area contributed by atoms with Gasteiger partial charge in [-0.3, -0.25) is 4.79 Å². The monoisotopic (exact) mass is 355 g/mol. The molecule has 5 nitrogen and oxygen atoms in total. The van der Waals surface area contributed by atoms with Crippen LogP contribution in [0.25, 0.3) is 11.3 Å². The summed E-state index contributed by atoms with van der Waals surface area (Å²) in [6.07, 6.45) is 2.54. The summed E-state index contributed by atoms with van der Waals surface area (Å²) in [4.78, 5) is 20.6. The lowest BCUT2D eigenvalue weighted by molar-refractivity contribution is -0.121. The SMILES string of the molecule is Cc1csc(CNC(=O)CCc2ncc(-c3ccc(C)c(C)c3)o2)n1. The van der Waals surface area contributed by atoms with Gasteiger partial charge in [0.05, 0.1) is 12.7 Å². The third-order valence-corrected chi connectivity index (χ3v) is 4.98. The predicted molar refractivity (Wildman–Crippen MR) is 98.4 cm³/mol. The molecule has 0 unspecified atom stereocenters. The molecule has 1 aromatic carbocycles. The van der Waals surface area contributed by atoms with Gasteiger partial charge in [-0.25, -0.2) is 9.97 Å². The lowest BCUT2D eigenvalue weighted by Crippen LogP contribution is -2.22. The van der Waals surface area contributed by atoms with E-state index in [0.29, 0.717) is 25.3 Å². The summed E-state index contributed by atoms with van der Waals surface area (Å²) in [7, 11) is 0. The number of aryl methyl sites for hydroxylation is 4. The molecule has 1 N–H and O–H groups in total. The molecule has 130 valence electrons. The third-order valence-electron chi connectivity index (χ3n) is 4.01. The van der Waals surface area contributed by atoms with Crippen molar-refractivity contribution < 1.29 is 9.21 Å². The van der Waals surface area contributed by atoms with Gasteiger partial charge in [-0.1, -0.05) is 12.1 Å². The van der Waals surface area contributed by atoms with Crippen LogP contribution in [0.5, 0.6) is 0 Å². The second-order valence-corrected chi connectivity index (χ2v) is 7.02. The van der Waals surface area contributed by atoms with Crippen molar-refractivity contribution in [2.45, 2.75) is 40.2 Å². The highest BCUT2D eigenvalue weighted by molar-refractivity contribution is 7.09. The van der Waals surface area contributed by atoms with Crippen molar-refractivity contribution in [1.29, 1.82) is 0 Å². The highest BCUT2D eigenvalue weighted by Crippen LogP contribution is 2.23. The van der Waals surface area contributed by atoms with E-state index in [1.54, 1.807) is 17.5 Å². The summed E-state index contributed by atoms with van der Waals surface area (Å²) in [6.45, 7) is 6.56. The van der Waals surface area contributed by atoms with Crippen LogP contribution in [0.4, 0.5) is 0 Å². The Bertz CT molecular complexity index is 882. The second-order valence-electron chi connectivity index (χ2n) is 6.08. The van der Waals surface area contributed by atoms with E-state index < -0.39 is 0 Å². The molecule has 0 aliphatic rings. The minimum atomic E-state index is -0.0289. The zero-order chi connectivity index (χ0) is 17.8. The first kappa shape index (κ1) is 17.4. The molecule has 0 radical (unpaired) electrons. The fourth-order valence-corrected chi connectivity index (χ4v) is 3.13. The van der Waals surface area contributed by atoms with Crippen LogP contribution >= 0.6 is 11.3 Å². The first-order valence-corrected chi connectivity index (χ1v) is 9.09. The van der Waals surface area contributed by atoms with Gasteiger partial charge in [0, 0.05) is 29.5 Å². The van der Waals surface area contributed by atoms with E-state index in [-0.39, 0.29) is 5.91 Å². The molecular formula is C19H21N3O2S.